The van der Waals surface area contributed by atoms with Crippen molar-refractivity contribution < 1.29 is 4.42 Å². The molecule has 2 heteroatoms. The Balaban J connectivity index is 2.31. The SMILES string of the molecule is CCCCCc1coc(CC)n1. The maximum Gasteiger partial charge on any atom is 0.193 e. The van der Waals surface area contributed by atoms with Crippen LogP contribution in [0.25, 0.3) is 0 Å². The highest BCUT2D eigenvalue weighted by atomic mass is 16.3. The van der Waals surface area contributed by atoms with Crippen LogP contribution in [-0.4, -0.2) is 4.98 Å². The molecule has 0 atom stereocenters. The zero-order valence-electron chi connectivity index (χ0n) is 7.97. The summed E-state index contributed by atoms with van der Waals surface area (Å²) >= 11 is 0. The highest BCUT2D eigenvalue weighted by molar-refractivity contribution is 4.96. The van der Waals surface area contributed by atoms with Gasteiger partial charge < -0.3 is 4.42 Å². The highest BCUT2D eigenvalue weighted by Gasteiger charge is 2.00. The van der Waals surface area contributed by atoms with Gasteiger partial charge >= 0.3 is 0 Å². The van der Waals surface area contributed by atoms with E-state index in [0.717, 1.165) is 24.4 Å². The van der Waals surface area contributed by atoms with Gasteiger partial charge in [-0.2, -0.15) is 0 Å². The zero-order valence-corrected chi connectivity index (χ0v) is 7.97. The summed E-state index contributed by atoms with van der Waals surface area (Å²) in [6, 6.07) is 0. The molecule has 0 N–H and O–H groups in total. The third-order valence-electron chi connectivity index (χ3n) is 1.94. The van der Waals surface area contributed by atoms with E-state index in [4.69, 9.17) is 4.42 Å². The lowest BCUT2D eigenvalue weighted by Crippen LogP contribution is -1.86. The monoisotopic (exact) mass is 167 g/mol. The molecule has 0 saturated carbocycles. The van der Waals surface area contributed by atoms with E-state index in [1.54, 1.807) is 6.26 Å². The summed E-state index contributed by atoms with van der Waals surface area (Å²) < 4.78 is 5.23. The van der Waals surface area contributed by atoms with Crippen molar-refractivity contribution in [3.8, 4) is 0 Å². The Morgan fingerprint density at radius 1 is 1.33 bits per heavy atom. The molecule has 0 bridgehead atoms. The lowest BCUT2D eigenvalue weighted by molar-refractivity contribution is 0.501. The molecule has 0 radical (unpaired) electrons. The molecule has 1 aromatic heterocycles. The third kappa shape index (κ3) is 2.68. The Hall–Kier alpha value is -0.790. The summed E-state index contributed by atoms with van der Waals surface area (Å²) in [5.41, 5.74) is 1.11. The smallest absolute Gasteiger partial charge is 0.193 e. The van der Waals surface area contributed by atoms with Crippen molar-refractivity contribution in [1.29, 1.82) is 0 Å². The predicted molar refractivity (Wildman–Crippen MR) is 49.1 cm³/mol. The molecule has 1 heterocycles. The van der Waals surface area contributed by atoms with Crippen LogP contribution >= 0.6 is 0 Å². The number of aryl methyl sites for hydroxylation is 2. The van der Waals surface area contributed by atoms with Gasteiger partial charge in [-0.25, -0.2) is 4.98 Å². The van der Waals surface area contributed by atoms with E-state index < -0.39 is 0 Å². The van der Waals surface area contributed by atoms with Crippen LogP contribution in [0.3, 0.4) is 0 Å². The first-order valence-electron chi connectivity index (χ1n) is 4.80. The number of nitrogens with zero attached hydrogens (tertiary/aromatic N) is 1. The Bertz CT molecular complexity index is 217. The van der Waals surface area contributed by atoms with Crippen molar-refractivity contribution >= 4 is 0 Å². The van der Waals surface area contributed by atoms with Crippen LogP contribution in [0.1, 0.15) is 44.7 Å². The van der Waals surface area contributed by atoms with Gasteiger partial charge in [-0.15, -0.1) is 0 Å². The second kappa shape index (κ2) is 4.96. The molecule has 0 amide bonds. The first kappa shape index (κ1) is 9.30. The third-order valence-corrected chi connectivity index (χ3v) is 1.94. The van der Waals surface area contributed by atoms with Crippen molar-refractivity contribution in [1.82, 2.24) is 4.98 Å². The van der Waals surface area contributed by atoms with Gasteiger partial charge in [0.1, 0.15) is 6.26 Å². The van der Waals surface area contributed by atoms with Gasteiger partial charge in [0, 0.05) is 6.42 Å². The van der Waals surface area contributed by atoms with Gasteiger partial charge in [-0.1, -0.05) is 26.7 Å². The summed E-state index contributed by atoms with van der Waals surface area (Å²) in [7, 11) is 0. The summed E-state index contributed by atoms with van der Waals surface area (Å²) in [6.45, 7) is 4.27. The summed E-state index contributed by atoms with van der Waals surface area (Å²) in [4.78, 5) is 4.33. The minimum atomic E-state index is 0.862. The van der Waals surface area contributed by atoms with E-state index in [9.17, 15) is 0 Å². The average molecular weight is 167 g/mol. The molecule has 1 aromatic rings. The molecule has 0 spiro atoms. The Kier molecular flexibility index (Phi) is 3.85. The molecule has 0 saturated heterocycles. The topological polar surface area (TPSA) is 26.0 Å². The fraction of sp³-hybridized carbons (Fsp3) is 0.700. The molecule has 12 heavy (non-hydrogen) atoms. The van der Waals surface area contributed by atoms with E-state index in [0.29, 0.717) is 0 Å². The van der Waals surface area contributed by atoms with Crippen molar-refractivity contribution in [2.24, 2.45) is 0 Å². The van der Waals surface area contributed by atoms with Gasteiger partial charge in [-0.3, -0.25) is 0 Å². The van der Waals surface area contributed by atoms with E-state index >= 15 is 0 Å². The number of unbranched alkanes of at least 4 members (excludes halogenated alkanes) is 2. The summed E-state index contributed by atoms with van der Waals surface area (Å²) in [5.74, 6) is 0.862. The quantitative estimate of drug-likeness (QED) is 0.630. The fourth-order valence-corrected chi connectivity index (χ4v) is 1.18. The number of hydrogen-bond donors (Lipinski definition) is 0. The Labute approximate surface area is 74.0 Å². The minimum Gasteiger partial charge on any atom is -0.449 e. The van der Waals surface area contributed by atoms with Gasteiger partial charge in [-0.05, 0) is 12.8 Å². The van der Waals surface area contributed by atoms with E-state index in [1.807, 2.05) is 0 Å². The second-order valence-corrected chi connectivity index (χ2v) is 3.04. The van der Waals surface area contributed by atoms with Crippen LogP contribution in [0.5, 0.6) is 0 Å². The minimum absolute atomic E-state index is 0.862. The largest absolute Gasteiger partial charge is 0.449 e. The molecule has 0 aliphatic carbocycles. The highest BCUT2D eigenvalue weighted by Crippen LogP contribution is 2.07. The standard InChI is InChI=1S/C10H17NO/c1-3-5-6-7-9-8-12-10(4-2)11-9/h8H,3-7H2,1-2H3. The van der Waals surface area contributed by atoms with Crippen LogP contribution in [0, 0.1) is 0 Å². The maximum absolute atomic E-state index is 5.23. The summed E-state index contributed by atoms with van der Waals surface area (Å²) in [5, 5.41) is 0. The average Bonchev–Trinajstić information content (AvgIpc) is 2.53. The van der Waals surface area contributed by atoms with Gasteiger partial charge in [0.2, 0.25) is 0 Å². The number of oxazole rings is 1. The second-order valence-electron chi connectivity index (χ2n) is 3.04. The van der Waals surface area contributed by atoms with Crippen molar-refractivity contribution in [2.45, 2.75) is 46.0 Å². The Morgan fingerprint density at radius 2 is 2.17 bits per heavy atom. The van der Waals surface area contributed by atoms with Crippen LogP contribution in [0.15, 0.2) is 10.7 Å². The summed E-state index contributed by atoms with van der Waals surface area (Å²) in [6.07, 6.45) is 7.53. The van der Waals surface area contributed by atoms with Crippen LogP contribution in [-0.2, 0) is 12.8 Å². The van der Waals surface area contributed by atoms with Crippen LogP contribution in [0.2, 0.25) is 0 Å². The molecule has 1 rings (SSSR count). The van der Waals surface area contributed by atoms with Crippen molar-refractivity contribution in [2.75, 3.05) is 0 Å². The molecular formula is C10H17NO. The normalized spacial score (nSPS) is 10.5. The molecular weight excluding hydrogens is 150 g/mol. The number of rotatable bonds is 5. The lowest BCUT2D eigenvalue weighted by Gasteiger charge is -1.92. The first-order chi connectivity index (χ1) is 5.86. The van der Waals surface area contributed by atoms with Crippen LogP contribution in [0.4, 0.5) is 0 Å². The van der Waals surface area contributed by atoms with E-state index in [-0.39, 0.29) is 0 Å². The van der Waals surface area contributed by atoms with Gasteiger partial charge in [0.15, 0.2) is 5.89 Å². The molecule has 68 valence electrons. The van der Waals surface area contributed by atoms with Crippen LogP contribution < -0.4 is 0 Å². The maximum atomic E-state index is 5.23. The van der Waals surface area contributed by atoms with Gasteiger partial charge in [0.05, 0.1) is 5.69 Å². The predicted octanol–water partition coefficient (Wildman–Crippen LogP) is 2.97. The number of aromatic nitrogens is 1. The number of hydrogen-bond acceptors (Lipinski definition) is 2. The Morgan fingerprint density at radius 3 is 2.75 bits per heavy atom. The lowest BCUT2D eigenvalue weighted by atomic mass is 10.2. The van der Waals surface area contributed by atoms with Crippen molar-refractivity contribution in [3.63, 3.8) is 0 Å². The zero-order chi connectivity index (χ0) is 8.81. The molecule has 2 nitrogen and oxygen atoms in total. The molecule has 0 aromatic carbocycles. The molecule has 0 fully saturated rings. The van der Waals surface area contributed by atoms with Gasteiger partial charge in [0.25, 0.3) is 0 Å². The first-order valence-corrected chi connectivity index (χ1v) is 4.80. The van der Waals surface area contributed by atoms with E-state index in [1.165, 1.54) is 19.3 Å². The van der Waals surface area contributed by atoms with E-state index in [2.05, 4.69) is 18.8 Å². The van der Waals surface area contributed by atoms with Crippen molar-refractivity contribution in [3.05, 3.63) is 17.8 Å². The molecule has 0 aliphatic rings. The molecule has 0 aliphatic heterocycles. The fourth-order valence-electron chi connectivity index (χ4n) is 1.18. The molecule has 0 unspecified atom stereocenters.